The Hall–Kier alpha value is -2.09. The Balaban J connectivity index is 1.26. The van der Waals surface area contributed by atoms with Crippen molar-refractivity contribution in [2.75, 3.05) is 31.1 Å². The summed E-state index contributed by atoms with van der Waals surface area (Å²) in [6.07, 6.45) is 10.4. The number of fused-ring (bicyclic) bond motifs is 1. The van der Waals surface area contributed by atoms with Crippen molar-refractivity contribution < 1.29 is 5.11 Å². The highest BCUT2D eigenvalue weighted by atomic mass is 35.5. The predicted molar refractivity (Wildman–Crippen MR) is 113 cm³/mol. The highest BCUT2D eigenvalue weighted by Crippen LogP contribution is 2.36. The third-order valence-corrected chi connectivity index (χ3v) is 6.90. The highest BCUT2D eigenvalue weighted by molar-refractivity contribution is 6.34. The molecule has 3 aromatic rings. The minimum absolute atomic E-state index is 0.130. The SMILES string of the molecule is OC1CN(C2CCN(c3cc4c(cnn4-c4cnn(C5CC5)c4)cc3Cl)CC2)C1. The molecule has 6 rings (SSSR count). The van der Waals surface area contributed by atoms with E-state index in [1.807, 2.05) is 23.1 Å². The summed E-state index contributed by atoms with van der Waals surface area (Å²) in [5.41, 5.74) is 3.14. The molecule has 0 spiro atoms. The molecule has 2 aromatic heterocycles. The van der Waals surface area contributed by atoms with Crippen molar-refractivity contribution in [3.8, 4) is 5.69 Å². The Morgan fingerprint density at radius 1 is 0.966 bits per heavy atom. The quantitative estimate of drug-likeness (QED) is 0.714. The average molecular weight is 413 g/mol. The largest absolute Gasteiger partial charge is 0.390 e. The normalized spacial score (nSPS) is 21.8. The minimum Gasteiger partial charge on any atom is -0.390 e. The molecule has 3 fully saturated rings. The molecular formula is C21H25ClN6O. The van der Waals surface area contributed by atoms with Crippen molar-refractivity contribution in [1.29, 1.82) is 0 Å². The number of hydrogen-bond donors (Lipinski definition) is 1. The number of β-amino-alcohol motifs (C(OH)–C–C–N with tert-alkyl or cyclic N) is 1. The molecule has 152 valence electrons. The van der Waals surface area contributed by atoms with E-state index in [0.717, 1.165) is 66.3 Å². The molecule has 1 aliphatic carbocycles. The van der Waals surface area contributed by atoms with Gasteiger partial charge in [0, 0.05) is 37.6 Å². The van der Waals surface area contributed by atoms with E-state index >= 15 is 0 Å². The summed E-state index contributed by atoms with van der Waals surface area (Å²) >= 11 is 6.66. The summed E-state index contributed by atoms with van der Waals surface area (Å²) in [5.74, 6) is 0. The molecule has 1 saturated carbocycles. The molecule has 0 amide bonds. The van der Waals surface area contributed by atoms with Crippen molar-refractivity contribution in [3.05, 3.63) is 35.7 Å². The molecule has 2 saturated heterocycles. The van der Waals surface area contributed by atoms with Crippen LogP contribution in [0.25, 0.3) is 16.6 Å². The van der Waals surface area contributed by atoms with Crippen LogP contribution in [0.15, 0.2) is 30.7 Å². The molecule has 0 unspecified atom stereocenters. The van der Waals surface area contributed by atoms with Gasteiger partial charge in [-0.05, 0) is 37.8 Å². The van der Waals surface area contributed by atoms with E-state index in [-0.39, 0.29) is 6.10 Å². The first kappa shape index (κ1) is 17.7. The zero-order valence-corrected chi connectivity index (χ0v) is 17.0. The average Bonchev–Trinajstić information content (AvgIpc) is 3.30. The molecule has 0 bridgehead atoms. The number of aliphatic hydroxyl groups excluding tert-OH is 1. The van der Waals surface area contributed by atoms with Gasteiger partial charge in [-0.3, -0.25) is 9.58 Å². The summed E-state index contributed by atoms with van der Waals surface area (Å²) in [4.78, 5) is 4.79. The fourth-order valence-electron chi connectivity index (χ4n) is 4.72. The maximum atomic E-state index is 9.57. The van der Waals surface area contributed by atoms with E-state index in [1.54, 1.807) is 0 Å². The number of aromatic nitrogens is 4. The lowest BCUT2D eigenvalue weighted by Crippen LogP contribution is -2.57. The number of anilines is 1. The maximum absolute atomic E-state index is 9.57. The van der Waals surface area contributed by atoms with Gasteiger partial charge in [-0.2, -0.15) is 10.2 Å². The molecule has 0 atom stereocenters. The Bertz CT molecular complexity index is 1040. The van der Waals surface area contributed by atoms with Gasteiger partial charge in [0.25, 0.3) is 0 Å². The number of rotatable bonds is 4. The molecule has 7 nitrogen and oxygen atoms in total. The number of nitrogens with zero attached hydrogens (tertiary/aromatic N) is 6. The number of hydrogen-bond acceptors (Lipinski definition) is 5. The van der Waals surface area contributed by atoms with Crippen molar-refractivity contribution in [2.24, 2.45) is 0 Å². The second kappa shape index (κ2) is 6.72. The molecule has 3 aliphatic rings. The van der Waals surface area contributed by atoms with Crippen molar-refractivity contribution in [1.82, 2.24) is 24.5 Å². The Morgan fingerprint density at radius 3 is 2.48 bits per heavy atom. The molecule has 8 heteroatoms. The smallest absolute Gasteiger partial charge is 0.103 e. The van der Waals surface area contributed by atoms with Crippen LogP contribution in [0.2, 0.25) is 5.02 Å². The lowest BCUT2D eigenvalue weighted by Gasteiger charge is -2.45. The van der Waals surface area contributed by atoms with Gasteiger partial charge in [0.15, 0.2) is 0 Å². The Kier molecular flexibility index (Phi) is 4.11. The first-order valence-corrected chi connectivity index (χ1v) is 10.9. The summed E-state index contributed by atoms with van der Waals surface area (Å²) < 4.78 is 4.02. The van der Waals surface area contributed by atoms with Gasteiger partial charge in [0.05, 0.1) is 47.0 Å². The lowest BCUT2D eigenvalue weighted by atomic mass is 9.98. The highest BCUT2D eigenvalue weighted by Gasteiger charge is 2.33. The van der Waals surface area contributed by atoms with Crippen molar-refractivity contribution in [2.45, 2.75) is 43.9 Å². The molecule has 1 aromatic carbocycles. The molecule has 1 N–H and O–H groups in total. The van der Waals surface area contributed by atoms with Gasteiger partial charge in [-0.1, -0.05) is 11.6 Å². The van der Waals surface area contributed by atoms with Crippen LogP contribution in [0, 0.1) is 0 Å². The minimum atomic E-state index is -0.130. The first-order valence-electron chi connectivity index (χ1n) is 10.5. The number of piperidine rings is 1. The Labute approximate surface area is 174 Å². The van der Waals surface area contributed by atoms with Crippen LogP contribution in [-0.4, -0.2) is 67.9 Å². The van der Waals surface area contributed by atoms with Gasteiger partial charge in [-0.25, -0.2) is 4.68 Å². The number of halogens is 1. The van der Waals surface area contributed by atoms with E-state index in [1.165, 1.54) is 12.8 Å². The summed E-state index contributed by atoms with van der Waals surface area (Å²) in [5, 5.41) is 20.5. The zero-order valence-electron chi connectivity index (χ0n) is 16.3. The molecular weight excluding hydrogens is 388 g/mol. The van der Waals surface area contributed by atoms with Gasteiger partial charge in [0.1, 0.15) is 5.69 Å². The second-order valence-electron chi connectivity index (χ2n) is 8.65. The summed E-state index contributed by atoms with van der Waals surface area (Å²) in [6, 6.07) is 5.34. The molecule has 2 aliphatic heterocycles. The molecule has 29 heavy (non-hydrogen) atoms. The predicted octanol–water partition coefficient (Wildman–Crippen LogP) is 2.86. The van der Waals surface area contributed by atoms with Crippen LogP contribution >= 0.6 is 11.6 Å². The van der Waals surface area contributed by atoms with Crippen LogP contribution in [-0.2, 0) is 0 Å². The fraction of sp³-hybridized carbons (Fsp3) is 0.524. The van der Waals surface area contributed by atoms with Gasteiger partial charge in [0.2, 0.25) is 0 Å². The fourth-order valence-corrected chi connectivity index (χ4v) is 5.01. The van der Waals surface area contributed by atoms with Crippen molar-refractivity contribution >= 4 is 28.2 Å². The third-order valence-electron chi connectivity index (χ3n) is 6.60. The van der Waals surface area contributed by atoms with Crippen LogP contribution in [0.5, 0.6) is 0 Å². The van der Waals surface area contributed by atoms with E-state index in [4.69, 9.17) is 11.6 Å². The van der Waals surface area contributed by atoms with Gasteiger partial charge >= 0.3 is 0 Å². The molecule has 4 heterocycles. The van der Waals surface area contributed by atoms with Crippen LogP contribution < -0.4 is 4.90 Å². The second-order valence-corrected chi connectivity index (χ2v) is 9.06. The molecule has 0 radical (unpaired) electrons. The van der Waals surface area contributed by atoms with Crippen LogP contribution in [0.4, 0.5) is 5.69 Å². The van der Waals surface area contributed by atoms with E-state index in [9.17, 15) is 5.11 Å². The number of benzene rings is 1. The summed E-state index contributed by atoms with van der Waals surface area (Å²) in [7, 11) is 0. The third kappa shape index (κ3) is 3.12. The Morgan fingerprint density at radius 2 is 1.76 bits per heavy atom. The maximum Gasteiger partial charge on any atom is 0.103 e. The topological polar surface area (TPSA) is 62.4 Å². The first-order chi connectivity index (χ1) is 14.2. The standard InChI is InChI=1S/C21H25ClN6O/c22-19-7-14-9-24-28(17-10-23-27(11-17)16-1-2-16)20(14)8-21(19)25-5-3-15(4-6-25)26-12-18(29)13-26/h7-11,15-16,18,29H,1-6,12-13H2. The summed E-state index contributed by atoms with van der Waals surface area (Å²) in [6.45, 7) is 3.61. The van der Waals surface area contributed by atoms with E-state index in [0.29, 0.717) is 12.1 Å². The number of likely N-dealkylation sites (tertiary alicyclic amines) is 1. The van der Waals surface area contributed by atoms with Crippen LogP contribution in [0.1, 0.15) is 31.7 Å². The van der Waals surface area contributed by atoms with Crippen molar-refractivity contribution in [3.63, 3.8) is 0 Å². The zero-order chi connectivity index (χ0) is 19.5. The van der Waals surface area contributed by atoms with Crippen LogP contribution in [0.3, 0.4) is 0 Å². The lowest BCUT2D eigenvalue weighted by molar-refractivity contribution is -0.0300. The van der Waals surface area contributed by atoms with E-state index in [2.05, 4.69) is 36.9 Å². The van der Waals surface area contributed by atoms with Gasteiger partial charge in [-0.15, -0.1) is 0 Å². The number of aliphatic hydroxyl groups is 1. The monoisotopic (exact) mass is 412 g/mol. The van der Waals surface area contributed by atoms with Gasteiger partial charge < -0.3 is 10.0 Å². The van der Waals surface area contributed by atoms with E-state index < -0.39 is 0 Å².